The predicted molar refractivity (Wildman–Crippen MR) is 86.6 cm³/mol. The first kappa shape index (κ1) is 17.7. The van der Waals surface area contributed by atoms with Crippen LogP contribution in [0, 0.1) is 5.92 Å². The van der Waals surface area contributed by atoms with Gasteiger partial charge in [0.05, 0.1) is 11.6 Å². The van der Waals surface area contributed by atoms with Crippen molar-refractivity contribution in [2.45, 2.75) is 24.2 Å². The lowest BCUT2D eigenvalue weighted by atomic mass is 9.96. The molecule has 0 saturated carbocycles. The summed E-state index contributed by atoms with van der Waals surface area (Å²) < 4.78 is 38.3. The van der Waals surface area contributed by atoms with Gasteiger partial charge in [-0.2, -0.15) is 0 Å². The average molecular weight is 343 g/mol. The monoisotopic (exact) mass is 343 g/mol. The number of benzene rings is 1. The molecule has 23 heavy (non-hydrogen) atoms. The summed E-state index contributed by atoms with van der Waals surface area (Å²) in [6, 6.07) is 5.79. The Hall–Kier alpha value is -1.67. The summed E-state index contributed by atoms with van der Waals surface area (Å²) in [6.07, 6.45) is 2.26. The number of carbonyl (C=O) groups excluding carboxylic acids is 1. The Balaban J connectivity index is 2.04. The highest BCUT2D eigenvalue weighted by Crippen LogP contribution is 2.21. The van der Waals surface area contributed by atoms with Crippen molar-refractivity contribution in [3.8, 4) is 0 Å². The number of hydrogen-bond acceptors (Lipinski definition) is 3. The molecule has 1 atom stereocenters. The number of amides is 2. The van der Waals surface area contributed by atoms with Crippen LogP contribution < -0.4 is 10.0 Å². The van der Waals surface area contributed by atoms with Gasteiger partial charge in [-0.15, -0.1) is 0 Å². The highest BCUT2D eigenvalue weighted by molar-refractivity contribution is 7.89. The molecule has 0 spiro atoms. The molecule has 1 aliphatic heterocycles. The Kier molecular flexibility index (Phi) is 5.95. The van der Waals surface area contributed by atoms with Crippen molar-refractivity contribution in [2.24, 2.45) is 5.92 Å². The number of sulfonamides is 1. The van der Waals surface area contributed by atoms with E-state index in [4.69, 9.17) is 0 Å². The molecule has 1 saturated heterocycles. The third-order valence-corrected chi connectivity index (χ3v) is 5.40. The van der Waals surface area contributed by atoms with Gasteiger partial charge in [0, 0.05) is 18.8 Å². The van der Waals surface area contributed by atoms with Gasteiger partial charge >= 0.3 is 6.03 Å². The molecule has 0 aliphatic carbocycles. The van der Waals surface area contributed by atoms with Gasteiger partial charge in [-0.25, -0.2) is 17.9 Å². The predicted octanol–water partition coefficient (Wildman–Crippen LogP) is 2.20. The lowest BCUT2D eigenvalue weighted by Gasteiger charge is -2.32. The van der Waals surface area contributed by atoms with Crippen molar-refractivity contribution < 1.29 is 17.6 Å². The topological polar surface area (TPSA) is 78.5 Å². The van der Waals surface area contributed by atoms with E-state index >= 15 is 0 Å². The number of halogens is 1. The van der Waals surface area contributed by atoms with Crippen molar-refractivity contribution in [1.29, 1.82) is 0 Å². The Bertz CT molecular complexity index is 649. The first-order chi connectivity index (χ1) is 11.0. The van der Waals surface area contributed by atoms with Crippen LogP contribution >= 0.6 is 0 Å². The normalized spacial score (nSPS) is 18.7. The SMILES string of the molecule is CNS(=O)(=O)c1cccc(NC(=O)N2CCCC(CCF)C2)c1. The van der Waals surface area contributed by atoms with E-state index in [1.54, 1.807) is 17.0 Å². The highest BCUT2D eigenvalue weighted by atomic mass is 32.2. The minimum absolute atomic E-state index is 0.0896. The Morgan fingerprint density at radius 2 is 2.22 bits per heavy atom. The van der Waals surface area contributed by atoms with Gasteiger partial charge in [0.1, 0.15) is 0 Å². The molecule has 0 bridgehead atoms. The number of urea groups is 1. The zero-order valence-electron chi connectivity index (χ0n) is 13.1. The largest absolute Gasteiger partial charge is 0.324 e. The molecule has 0 aromatic heterocycles. The average Bonchev–Trinajstić information content (AvgIpc) is 2.55. The zero-order chi connectivity index (χ0) is 16.9. The third kappa shape index (κ3) is 4.65. The first-order valence-electron chi connectivity index (χ1n) is 7.62. The fourth-order valence-corrected chi connectivity index (χ4v) is 3.48. The van der Waals surface area contributed by atoms with E-state index in [0.717, 1.165) is 12.8 Å². The van der Waals surface area contributed by atoms with Crippen molar-refractivity contribution in [3.05, 3.63) is 24.3 Å². The molecule has 2 N–H and O–H groups in total. The molecular weight excluding hydrogens is 321 g/mol. The number of rotatable bonds is 5. The quantitative estimate of drug-likeness (QED) is 0.860. The van der Waals surface area contributed by atoms with Gasteiger partial charge in [-0.3, -0.25) is 4.39 Å². The molecule has 2 amide bonds. The molecule has 1 aromatic rings. The number of nitrogens with zero attached hydrogens (tertiary/aromatic N) is 1. The second kappa shape index (κ2) is 7.74. The summed E-state index contributed by atoms with van der Waals surface area (Å²) in [5, 5.41) is 2.71. The van der Waals surface area contributed by atoms with Crippen LogP contribution in [0.4, 0.5) is 14.9 Å². The molecule has 1 unspecified atom stereocenters. The van der Waals surface area contributed by atoms with Gasteiger partial charge < -0.3 is 10.2 Å². The van der Waals surface area contributed by atoms with Gasteiger partial charge in [0.2, 0.25) is 10.0 Å². The van der Waals surface area contributed by atoms with E-state index in [0.29, 0.717) is 25.2 Å². The molecule has 128 valence electrons. The van der Waals surface area contributed by atoms with Crippen LogP contribution in [0.15, 0.2) is 29.2 Å². The number of hydrogen-bond donors (Lipinski definition) is 2. The van der Waals surface area contributed by atoms with E-state index < -0.39 is 10.0 Å². The summed E-state index contributed by atoms with van der Waals surface area (Å²) in [5.41, 5.74) is 0.416. The lowest BCUT2D eigenvalue weighted by molar-refractivity contribution is 0.170. The minimum atomic E-state index is -3.55. The van der Waals surface area contributed by atoms with E-state index in [-0.39, 0.29) is 23.5 Å². The van der Waals surface area contributed by atoms with Crippen LogP contribution in [-0.2, 0) is 10.0 Å². The van der Waals surface area contributed by atoms with Crippen molar-refractivity contribution in [1.82, 2.24) is 9.62 Å². The van der Waals surface area contributed by atoms with Crippen molar-refractivity contribution in [2.75, 3.05) is 32.1 Å². The van der Waals surface area contributed by atoms with E-state index in [1.807, 2.05) is 0 Å². The Morgan fingerprint density at radius 1 is 1.43 bits per heavy atom. The Labute approximate surface area is 136 Å². The summed E-state index contributed by atoms with van der Waals surface area (Å²) in [7, 11) is -2.22. The number of alkyl halides is 1. The smallest absolute Gasteiger partial charge is 0.321 e. The van der Waals surface area contributed by atoms with Crippen LogP contribution in [0.2, 0.25) is 0 Å². The third-order valence-electron chi connectivity index (χ3n) is 3.99. The van der Waals surface area contributed by atoms with Gasteiger partial charge in [0.15, 0.2) is 0 Å². The first-order valence-corrected chi connectivity index (χ1v) is 9.10. The van der Waals surface area contributed by atoms with Crippen LogP contribution in [0.25, 0.3) is 0 Å². The number of nitrogens with one attached hydrogen (secondary N) is 2. The lowest BCUT2D eigenvalue weighted by Crippen LogP contribution is -2.42. The standard InChI is InChI=1S/C15H22FN3O3S/c1-17-23(21,22)14-6-2-5-13(10-14)18-15(20)19-9-3-4-12(11-19)7-8-16/h2,5-6,10,12,17H,3-4,7-9,11H2,1H3,(H,18,20). The van der Waals surface area contributed by atoms with E-state index in [9.17, 15) is 17.6 Å². The number of piperidine rings is 1. The highest BCUT2D eigenvalue weighted by Gasteiger charge is 2.23. The van der Waals surface area contributed by atoms with Crippen molar-refractivity contribution in [3.63, 3.8) is 0 Å². The van der Waals surface area contributed by atoms with E-state index in [2.05, 4.69) is 10.0 Å². The maximum atomic E-state index is 12.5. The number of carbonyl (C=O) groups is 1. The molecule has 6 nitrogen and oxygen atoms in total. The summed E-state index contributed by atoms with van der Waals surface area (Å²) in [5.74, 6) is 0.190. The summed E-state index contributed by atoms with van der Waals surface area (Å²) in [6.45, 7) is 0.789. The number of anilines is 1. The second-order valence-corrected chi connectivity index (χ2v) is 7.48. The maximum Gasteiger partial charge on any atom is 0.321 e. The molecule has 1 heterocycles. The van der Waals surface area contributed by atoms with Crippen LogP contribution in [-0.4, -0.2) is 46.2 Å². The minimum Gasteiger partial charge on any atom is -0.324 e. The second-order valence-electron chi connectivity index (χ2n) is 5.60. The Morgan fingerprint density at radius 3 is 2.91 bits per heavy atom. The van der Waals surface area contributed by atoms with Crippen LogP contribution in [0.1, 0.15) is 19.3 Å². The molecule has 1 fully saturated rings. The van der Waals surface area contributed by atoms with Gasteiger partial charge in [-0.05, 0) is 50.4 Å². The molecular formula is C15H22FN3O3S. The molecule has 1 aliphatic rings. The van der Waals surface area contributed by atoms with Crippen LogP contribution in [0.5, 0.6) is 0 Å². The number of likely N-dealkylation sites (tertiary alicyclic amines) is 1. The fraction of sp³-hybridized carbons (Fsp3) is 0.533. The maximum absolute atomic E-state index is 12.5. The van der Waals surface area contributed by atoms with Gasteiger partial charge in [-0.1, -0.05) is 6.07 Å². The fourth-order valence-electron chi connectivity index (χ4n) is 2.70. The summed E-state index contributed by atoms with van der Waals surface area (Å²) >= 11 is 0. The van der Waals surface area contributed by atoms with Crippen LogP contribution in [0.3, 0.4) is 0 Å². The molecule has 8 heteroatoms. The van der Waals surface area contributed by atoms with Crippen molar-refractivity contribution >= 4 is 21.7 Å². The summed E-state index contributed by atoms with van der Waals surface area (Å²) in [4.78, 5) is 14.0. The molecule has 1 aromatic carbocycles. The van der Waals surface area contributed by atoms with E-state index in [1.165, 1.54) is 19.2 Å². The van der Waals surface area contributed by atoms with Gasteiger partial charge in [0.25, 0.3) is 0 Å². The zero-order valence-corrected chi connectivity index (χ0v) is 13.9. The molecule has 0 radical (unpaired) electrons. The molecule has 2 rings (SSSR count).